The van der Waals surface area contributed by atoms with Crippen LogP contribution in [0.4, 0.5) is 10.1 Å². The minimum Gasteiger partial charge on any atom is -0.454 e. The van der Waals surface area contributed by atoms with Crippen molar-refractivity contribution in [2.45, 2.75) is 40.5 Å². The van der Waals surface area contributed by atoms with E-state index in [1.165, 1.54) is 23.0 Å². The molecule has 0 bridgehead atoms. The zero-order valence-electron chi connectivity index (χ0n) is 20.2. The molecule has 0 atom stereocenters. The van der Waals surface area contributed by atoms with Crippen LogP contribution in [-0.4, -0.2) is 37.9 Å². The van der Waals surface area contributed by atoms with Crippen LogP contribution in [0, 0.1) is 19.7 Å². The quantitative estimate of drug-likeness (QED) is 0.418. The van der Waals surface area contributed by atoms with Crippen LogP contribution >= 0.6 is 0 Å². The molecule has 2 aromatic carbocycles. The Morgan fingerprint density at radius 2 is 1.60 bits per heavy atom. The van der Waals surface area contributed by atoms with E-state index in [2.05, 4.69) is 4.98 Å². The van der Waals surface area contributed by atoms with E-state index in [-0.39, 0.29) is 33.6 Å². The second-order valence-electron chi connectivity index (χ2n) is 8.27. The van der Waals surface area contributed by atoms with Crippen molar-refractivity contribution in [3.8, 4) is 11.5 Å². The van der Waals surface area contributed by atoms with Crippen LogP contribution in [0.25, 0.3) is 10.9 Å². The minimum absolute atomic E-state index is 0.149. The van der Waals surface area contributed by atoms with Gasteiger partial charge in [-0.2, -0.15) is 3.71 Å². The van der Waals surface area contributed by atoms with Crippen LogP contribution in [0.2, 0.25) is 0 Å². The van der Waals surface area contributed by atoms with E-state index in [1.54, 1.807) is 40.8 Å². The summed E-state index contributed by atoms with van der Waals surface area (Å²) in [5, 5.41) is 0.290. The van der Waals surface area contributed by atoms with Gasteiger partial charge in [0.25, 0.3) is 5.56 Å². The Hall–Kier alpha value is -2.99. The number of halogens is 1. The highest BCUT2D eigenvalue weighted by molar-refractivity contribution is 8.10. The van der Waals surface area contributed by atoms with Crippen LogP contribution in [0.1, 0.15) is 37.8 Å². The zero-order valence-corrected chi connectivity index (χ0v) is 21.8. The lowest BCUT2D eigenvalue weighted by Gasteiger charge is -2.25. The molecule has 0 saturated heterocycles. The van der Waals surface area contributed by atoms with Gasteiger partial charge >= 0.3 is 0 Å². The van der Waals surface area contributed by atoms with Gasteiger partial charge in [-0.05, 0) is 56.5 Å². The third kappa shape index (κ3) is 5.18. The molecule has 12 heteroatoms. The molecule has 0 unspecified atom stereocenters. The number of nitrogens with zero attached hydrogens (tertiary/aromatic N) is 3. The SMILES string of the molecule is CCCS(=O)(=O)N(c1cc(C)cc(Oc2ccc3ncn(C)c(=O)c3c2C)c1F)S(=O)(=O)CCC. The molecule has 0 saturated carbocycles. The number of aryl methyl sites for hydroxylation is 3. The fourth-order valence-electron chi connectivity index (χ4n) is 3.74. The summed E-state index contributed by atoms with van der Waals surface area (Å²) in [4.78, 5) is 16.8. The largest absolute Gasteiger partial charge is 0.454 e. The third-order valence-corrected chi connectivity index (χ3v) is 9.92. The van der Waals surface area contributed by atoms with Crippen LogP contribution in [0.3, 0.4) is 0 Å². The number of rotatable bonds is 9. The molecule has 0 spiro atoms. The fourth-order valence-corrected chi connectivity index (χ4v) is 7.80. The average molecular weight is 526 g/mol. The van der Waals surface area contributed by atoms with Crippen molar-refractivity contribution < 1.29 is 26.0 Å². The third-order valence-electron chi connectivity index (χ3n) is 5.31. The first-order valence-corrected chi connectivity index (χ1v) is 14.2. The first-order valence-electron chi connectivity index (χ1n) is 11.0. The molecule has 190 valence electrons. The van der Waals surface area contributed by atoms with Gasteiger partial charge in [-0.1, -0.05) is 13.8 Å². The molecule has 3 aromatic rings. The molecule has 0 aliphatic rings. The number of ether oxygens (including phenoxy) is 1. The maximum absolute atomic E-state index is 15.7. The zero-order chi connectivity index (χ0) is 26.1. The number of hydrogen-bond donors (Lipinski definition) is 0. The monoisotopic (exact) mass is 525 g/mol. The predicted molar refractivity (Wildman–Crippen MR) is 134 cm³/mol. The molecule has 0 amide bonds. The first kappa shape index (κ1) is 26.6. The predicted octanol–water partition coefficient (Wildman–Crippen LogP) is 3.77. The lowest BCUT2D eigenvalue weighted by molar-refractivity contribution is 0.440. The number of benzene rings is 2. The van der Waals surface area contributed by atoms with Crippen LogP contribution in [0.5, 0.6) is 11.5 Å². The molecule has 0 fully saturated rings. The van der Waals surface area contributed by atoms with Crippen LogP contribution < -0.4 is 14.0 Å². The lowest BCUT2D eigenvalue weighted by Crippen LogP contribution is -2.40. The van der Waals surface area contributed by atoms with Gasteiger partial charge in [-0.25, -0.2) is 26.2 Å². The lowest BCUT2D eigenvalue weighted by atomic mass is 10.1. The Kier molecular flexibility index (Phi) is 7.56. The van der Waals surface area contributed by atoms with Crippen LogP contribution in [0.15, 0.2) is 35.4 Å². The highest BCUT2D eigenvalue weighted by atomic mass is 32.3. The second-order valence-corrected chi connectivity index (χ2v) is 12.4. The van der Waals surface area contributed by atoms with Gasteiger partial charge in [-0.3, -0.25) is 4.79 Å². The molecular formula is C23H28FN3O6S2. The van der Waals surface area contributed by atoms with Gasteiger partial charge in [-0.15, -0.1) is 0 Å². The Balaban J connectivity index is 2.22. The van der Waals surface area contributed by atoms with Crippen molar-refractivity contribution in [2.75, 3.05) is 15.2 Å². The average Bonchev–Trinajstić information content (AvgIpc) is 2.75. The van der Waals surface area contributed by atoms with E-state index in [9.17, 15) is 21.6 Å². The Morgan fingerprint density at radius 3 is 2.17 bits per heavy atom. The van der Waals surface area contributed by atoms with Crippen molar-refractivity contribution >= 4 is 36.6 Å². The van der Waals surface area contributed by atoms with Gasteiger partial charge in [0.2, 0.25) is 20.0 Å². The Morgan fingerprint density at radius 1 is 1.00 bits per heavy atom. The van der Waals surface area contributed by atoms with Crippen molar-refractivity contribution in [2.24, 2.45) is 7.05 Å². The number of anilines is 1. The summed E-state index contributed by atoms with van der Waals surface area (Å²) in [6, 6.07) is 5.57. The van der Waals surface area contributed by atoms with E-state index in [1.807, 2.05) is 0 Å². The smallest absolute Gasteiger partial charge is 0.261 e. The molecule has 0 aliphatic heterocycles. The number of aromatic nitrogens is 2. The van der Waals surface area contributed by atoms with Crippen molar-refractivity contribution in [1.82, 2.24) is 9.55 Å². The van der Waals surface area contributed by atoms with E-state index in [4.69, 9.17) is 4.74 Å². The van der Waals surface area contributed by atoms with E-state index < -0.39 is 43.1 Å². The molecule has 1 aromatic heterocycles. The van der Waals surface area contributed by atoms with Crippen LogP contribution in [-0.2, 0) is 27.1 Å². The summed E-state index contributed by atoms with van der Waals surface area (Å²) in [6.07, 6.45) is 1.69. The van der Waals surface area contributed by atoms with Crippen molar-refractivity contribution in [3.05, 3.63) is 57.9 Å². The molecule has 35 heavy (non-hydrogen) atoms. The Labute approximate surface area is 204 Å². The van der Waals surface area contributed by atoms with E-state index >= 15 is 4.39 Å². The van der Waals surface area contributed by atoms with Gasteiger partial charge in [0.15, 0.2) is 11.6 Å². The van der Waals surface area contributed by atoms with Gasteiger partial charge in [0, 0.05) is 12.6 Å². The summed E-state index contributed by atoms with van der Waals surface area (Å²) in [6.45, 7) is 6.37. The summed E-state index contributed by atoms with van der Waals surface area (Å²) < 4.78 is 74.8. The normalized spacial score (nSPS) is 12.2. The van der Waals surface area contributed by atoms with Gasteiger partial charge in [0.1, 0.15) is 11.4 Å². The van der Waals surface area contributed by atoms with Gasteiger partial charge in [0.05, 0.1) is 28.7 Å². The second kappa shape index (κ2) is 9.94. The Bertz CT molecular complexity index is 1510. The molecule has 0 N–H and O–H groups in total. The molecule has 1 heterocycles. The number of sulfonamides is 2. The summed E-state index contributed by atoms with van der Waals surface area (Å²) in [5.74, 6) is -2.31. The highest BCUT2D eigenvalue weighted by Crippen LogP contribution is 2.37. The number of fused-ring (bicyclic) bond motifs is 1. The summed E-state index contributed by atoms with van der Waals surface area (Å²) >= 11 is 0. The summed E-state index contributed by atoms with van der Waals surface area (Å²) in [5.41, 5.74) is 0.290. The molecule has 0 aliphatic carbocycles. The maximum atomic E-state index is 15.7. The summed E-state index contributed by atoms with van der Waals surface area (Å²) in [7, 11) is -7.22. The first-order chi connectivity index (χ1) is 16.3. The highest BCUT2D eigenvalue weighted by Gasteiger charge is 2.36. The molecule has 9 nitrogen and oxygen atoms in total. The molecular weight excluding hydrogens is 497 g/mol. The van der Waals surface area contributed by atoms with Crippen molar-refractivity contribution in [3.63, 3.8) is 0 Å². The minimum atomic E-state index is -4.38. The standard InChI is InChI=1S/C23H28FN3O6S2/c1-6-10-34(29,30)27(35(31,32)11-7-2)18-12-15(3)13-20(22(18)24)33-19-9-8-17-21(16(19)4)23(28)26(5)14-25-17/h8-9,12-14H,6-7,10-11H2,1-5H3. The van der Waals surface area contributed by atoms with Gasteiger partial charge < -0.3 is 9.30 Å². The topological polar surface area (TPSA) is 116 Å². The number of hydrogen-bond acceptors (Lipinski definition) is 7. The fraction of sp³-hybridized carbons (Fsp3) is 0.391. The molecule has 0 radical (unpaired) electrons. The van der Waals surface area contributed by atoms with E-state index in [0.717, 1.165) is 6.07 Å². The van der Waals surface area contributed by atoms with E-state index in [0.29, 0.717) is 22.0 Å². The molecule has 3 rings (SSSR count). The maximum Gasteiger partial charge on any atom is 0.261 e. The van der Waals surface area contributed by atoms with Crippen molar-refractivity contribution in [1.29, 1.82) is 0 Å².